The number of carbonyl (C=O) groups excluding carboxylic acids is 2. The molecule has 156 valence electrons. The van der Waals surface area contributed by atoms with Crippen LogP contribution in [0, 0.1) is 5.92 Å². The van der Waals surface area contributed by atoms with Gasteiger partial charge in [0.1, 0.15) is 24.4 Å². The Morgan fingerprint density at radius 3 is 2.28 bits per heavy atom. The Kier molecular flexibility index (Phi) is 8.68. The largest absolute Gasteiger partial charge is 0.508 e. The van der Waals surface area contributed by atoms with Crippen molar-refractivity contribution in [3.05, 3.63) is 65.7 Å². The van der Waals surface area contributed by atoms with Crippen molar-refractivity contribution in [1.29, 1.82) is 0 Å². The Labute approximate surface area is 171 Å². The van der Waals surface area contributed by atoms with E-state index in [-0.39, 0.29) is 24.7 Å². The first-order chi connectivity index (χ1) is 13.9. The number of phenols is 1. The number of rotatable bonds is 10. The lowest BCUT2D eigenvalue weighted by molar-refractivity contribution is -0.149. The summed E-state index contributed by atoms with van der Waals surface area (Å²) in [7, 11) is 1.31. The van der Waals surface area contributed by atoms with Gasteiger partial charge in [-0.15, -0.1) is 0 Å². The lowest BCUT2D eigenvalue weighted by Crippen LogP contribution is -2.49. The van der Waals surface area contributed by atoms with E-state index < -0.39 is 24.0 Å². The minimum Gasteiger partial charge on any atom is -0.508 e. The summed E-state index contributed by atoms with van der Waals surface area (Å²) in [4.78, 5) is 25.1. The van der Waals surface area contributed by atoms with E-state index in [1.165, 1.54) is 7.11 Å². The van der Waals surface area contributed by atoms with Crippen molar-refractivity contribution in [1.82, 2.24) is 5.32 Å². The number of carbonyl (C=O) groups is 2. The second-order valence-corrected chi connectivity index (χ2v) is 7.39. The highest BCUT2D eigenvalue weighted by Crippen LogP contribution is 2.15. The summed E-state index contributed by atoms with van der Waals surface area (Å²) in [6, 6.07) is 14.7. The maximum absolute atomic E-state index is 12.7. The van der Waals surface area contributed by atoms with Crippen molar-refractivity contribution in [2.75, 3.05) is 7.11 Å². The van der Waals surface area contributed by atoms with Gasteiger partial charge in [-0.1, -0.05) is 56.3 Å². The van der Waals surface area contributed by atoms with Crippen LogP contribution in [0.15, 0.2) is 54.6 Å². The maximum atomic E-state index is 12.7. The molecule has 2 aromatic rings. The summed E-state index contributed by atoms with van der Waals surface area (Å²) in [5.41, 5.74) is 1.65. The average molecular weight is 399 g/mol. The minimum atomic E-state index is -0.741. The number of ether oxygens (including phenoxy) is 2. The van der Waals surface area contributed by atoms with E-state index in [2.05, 4.69) is 5.32 Å². The molecule has 0 bridgehead atoms. The maximum Gasteiger partial charge on any atom is 0.323 e. The van der Waals surface area contributed by atoms with Gasteiger partial charge in [-0.3, -0.25) is 14.9 Å². The summed E-state index contributed by atoms with van der Waals surface area (Å²) < 4.78 is 10.4. The molecule has 0 saturated carbocycles. The number of methoxy groups -OCH3 is 1. The molecule has 1 unspecified atom stereocenters. The first-order valence-corrected chi connectivity index (χ1v) is 9.71. The van der Waals surface area contributed by atoms with Crippen LogP contribution in [0.25, 0.3) is 0 Å². The third-order valence-electron chi connectivity index (χ3n) is 4.45. The Hall–Kier alpha value is -2.86. The van der Waals surface area contributed by atoms with E-state index in [4.69, 9.17) is 9.47 Å². The molecule has 0 aliphatic carbocycles. The number of hydrogen-bond acceptors (Lipinski definition) is 6. The average Bonchev–Trinajstić information content (AvgIpc) is 2.70. The third kappa shape index (κ3) is 7.58. The first-order valence-electron chi connectivity index (χ1n) is 9.71. The molecule has 6 heteroatoms. The normalized spacial score (nSPS) is 13.0. The van der Waals surface area contributed by atoms with E-state index in [9.17, 15) is 14.7 Å². The van der Waals surface area contributed by atoms with Crippen molar-refractivity contribution < 1.29 is 24.2 Å². The van der Waals surface area contributed by atoms with Gasteiger partial charge in [0.15, 0.2) is 0 Å². The van der Waals surface area contributed by atoms with Crippen LogP contribution in [0.2, 0.25) is 0 Å². The Balaban J connectivity index is 2.10. The zero-order valence-corrected chi connectivity index (χ0v) is 17.1. The Morgan fingerprint density at radius 2 is 1.66 bits per heavy atom. The van der Waals surface area contributed by atoms with Crippen molar-refractivity contribution in [3.8, 4) is 5.75 Å². The Morgan fingerprint density at radius 1 is 0.966 bits per heavy atom. The highest BCUT2D eigenvalue weighted by atomic mass is 16.5. The first kappa shape index (κ1) is 22.4. The van der Waals surface area contributed by atoms with Crippen LogP contribution in [0.4, 0.5) is 0 Å². The number of phenolic OH excluding ortho intramolecular Hbond substituents is 1. The third-order valence-corrected chi connectivity index (χ3v) is 4.45. The quantitative estimate of drug-likeness (QED) is 0.597. The topological polar surface area (TPSA) is 84.9 Å². The molecule has 2 aromatic carbocycles. The summed E-state index contributed by atoms with van der Waals surface area (Å²) in [5.74, 6) is -0.548. The van der Waals surface area contributed by atoms with Gasteiger partial charge in [0, 0.05) is 0 Å². The molecule has 0 radical (unpaired) electrons. The van der Waals surface area contributed by atoms with Gasteiger partial charge in [0.2, 0.25) is 0 Å². The second kappa shape index (κ2) is 11.2. The second-order valence-electron chi connectivity index (χ2n) is 7.39. The van der Waals surface area contributed by atoms with Gasteiger partial charge in [-0.05, 0) is 42.0 Å². The van der Waals surface area contributed by atoms with Crippen LogP contribution in [0.1, 0.15) is 31.4 Å². The van der Waals surface area contributed by atoms with E-state index in [1.807, 2.05) is 50.2 Å². The molecule has 0 amide bonds. The van der Waals surface area contributed by atoms with Gasteiger partial charge < -0.3 is 14.6 Å². The molecular weight excluding hydrogens is 370 g/mol. The summed E-state index contributed by atoms with van der Waals surface area (Å²) >= 11 is 0. The van der Waals surface area contributed by atoms with Gasteiger partial charge in [0.05, 0.1) is 7.11 Å². The molecule has 0 spiro atoms. The number of benzene rings is 2. The van der Waals surface area contributed by atoms with Gasteiger partial charge in [-0.25, -0.2) is 0 Å². The SMILES string of the molecule is COC(=O)C(Cc1cccc(O)c1)N[C@@H](CC(C)C)C(=O)OCc1ccccc1. The zero-order valence-electron chi connectivity index (χ0n) is 17.1. The van der Waals surface area contributed by atoms with Crippen LogP contribution >= 0.6 is 0 Å². The number of nitrogens with one attached hydrogen (secondary N) is 1. The summed E-state index contributed by atoms with van der Waals surface area (Å²) in [6.07, 6.45) is 0.794. The van der Waals surface area contributed by atoms with Crippen LogP contribution in [0.5, 0.6) is 5.75 Å². The summed E-state index contributed by atoms with van der Waals surface area (Å²) in [5, 5.41) is 12.8. The molecular formula is C23H29NO5. The monoisotopic (exact) mass is 399 g/mol. The molecule has 2 rings (SSSR count). The van der Waals surface area contributed by atoms with Gasteiger partial charge >= 0.3 is 11.9 Å². The lowest BCUT2D eigenvalue weighted by atomic mass is 10.0. The predicted octanol–water partition coefficient (Wildman–Crippen LogP) is 3.22. The number of hydrogen-bond donors (Lipinski definition) is 2. The van der Waals surface area contributed by atoms with Gasteiger partial charge in [-0.2, -0.15) is 0 Å². The van der Waals surface area contributed by atoms with Crippen LogP contribution in [-0.2, 0) is 32.1 Å². The van der Waals surface area contributed by atoms with Crippen LogP contribution in [0.3, 0.4) is 0 Å². The fourth-order valence-corrected chi connectivity index (χ4v) is 3.05. The Bertz CT molecular complexity index is 791. The van der Waals surface area contributed by atoms with E-state index in [0.717, 1.165) is 11.1 Å². The molecule has 2 atom stereocenters. The molecule has 0 fully saturated rings. The van der Waals surface area contributed by atoms with E-state index in [1.54, 1.807) is 18.2 Å². The molecule has 0 aliphatic rings. The highest BCUT2D eigenvalue weighted by Gasteiger charge is 2.29. The zero-order chi connectivity index (χ0) is 21.2. The molecule has 0 saturated heterocycles. The van der Waals surface area contributed by atoms with Crippen LogP contribution in [-0.4, -0.2) is 36.2 Å². The van der Waals surface area contributed by atoms with Crippen LogP contribution < -0.4 is 5.32 Å². The number of esters is 2. The van der Waals surface area contributed by atoms with Crippen molar-refractivity contribution in [3.63, 3.8) is 0 Å². The minimum absolute atomic E-state index is 0.118. The molecule has 0 heterocycles. The number of aromatic hydroxyl groups is 1. The van der Waals surface area contributed by atoms with E-state index >= 15 is 0 Å². The molecule has 0 aromatic heterocycles. The highest BCUT2D eigenvalue weighted by molar-refractivity contribution is 5.80. The molecule has 2 N–H and O–H groups in total. The molecule has 0 aliphatic heterocycles. The smallest absolute Gasteiger partial charge is 0.323 e. The molecule has 6 nitrogen and oxygen atoms in total. The van der Waals surface area contributed by atoms with Gasteiger partial charge in [0.25, 0.3) is 0 Å². The van der Waals surface area contributed by atoms with Crippen molar-refractivity contribution in [2.24, 2.45) is 5.92 Å². The predicted molar refractivity (Wildman–Crippen MR) is 110 cm³/mol. The molecule has 29 heavy (non-hydrogen) atoms. The van der Waals surface area contributed by atoms with E-state index in [0.29, 0.717) is 6.42 Å². The van der Waals surface area contributed by atoms with Crippen molar-refractivity contribution in [2.45, 2.75) is 45.4 Å². The standard InChI is InChI=1S/C23H29NO5/c1-16(2)12-20(23(27)29-15-17-8-5-4-6-9-17)24-21(22(26)28-3)14-18-10-7-11-19(25)13-18/h4-11,13,16,20-21,24-25H,12,14-15H2,1-3H3/t20-,21?/m0/s1. The van der Waals surface area contributed by atoms with Crippen molar-refractivity contribution >= 4 is 11.9 Å². The fraction of sp³-hybridized carbons (Fsp3) is 0.391. The fourth-order valence-electron chi connectivity index (χ4n) is 3.05. The summed E-state index contributed by atoms with van der Waals surface area (Å²) in [6.45, 7) is 4.18. The lowest BCUT2D eigenvalue weighted by Gasteiger charge is -2.24.